The van der Waals surface area contributed by atoms with Crippen LogP contribution in [0.4, 0.5) is 4.79 Å². The Morgan fingerprint density at radius 1 is 1.20 bits per heavy atom. The number of methoxy groups -OCH3 is 2. The normalized spacial score (nSPS) is 20.0. The number of rotatable bonds is 7. The van der Waals surface area contributed by atoms with Crippen LogP contribution in [0, 0.1) is 5.92 Å². The van der Waals surface area contributed by atoms with Crippen molar-refractivity contribution < 1.29 is 14.3 Å². The Balaban J connectivity index is 1.77. The Kier molecular flexibility index (Phi) is 7.41. The third kappa shape index (κ3) is 5.55. The van der Waals surface area contributed by atoms with Crippen molar-refractivity contribution in [3.8, 4) is 11.5 Å². The van der Waals surface area contributed by atoms with Gasteiger partial charge < -0.3 is 19.7 Å². The van der Waals surface area contributed by atoms with Gasteiger partial charge in [-0.05, 0) is 49.3 Å². The molecule has 140 valence electrons. The Bertz CT molecular complexity index is 562. The molecule has 1 saturated carbocycles. The lowest BCUT2D eigenvalue weighted by molar-refractivity contribution is 0.191. The number of carbonyl (C=O) groups is 1. The van der Waals surface area contributed by atoms with Gasteiger partial charge in [0, 0.05) is 19.6 Å². The third-order valence-electron chi connectivity index (χ3n) is 5.17. The number of aryl methyl sites for hydroxylation is 1. The van der Waals surface area contributed by atoms with Gasteiger partial charge in [0.1, 0.15) is 0 Å². The zero-order valence-corrected chi connectivity index (χ0v) is 16.0. The fourth-order valence-corrected chi connectivity index (χ4v) is 3.46. The second kappa shape index (κ2) is 9.54. The number of benzene rings is 1. The molecule has 2 atom stereocenters. The predicted molar refractivity (Wildman–Crippen MR) is 100 cm³/mol. The number of ether oxygens (including phenoxy) is 2. The molecule has 2 rings (SSSR count). The maximum absolute atomic E-state index is 12.4. The molecule has 0 bridgehead atoms. The van der Waals surface area contributed by atoms with E-state index in [1.165, 1.54) is 24.8 Å². The average molecular weight is 348 g/mol. The van der Waals surface area contributed by atoms with Crippen molar-refractivity contribution in [2.75, 3.05) is 27.8 Å². The number of amides is 2. The zero-order valence-electron chi connectivity index (χ0n) is 16.0. The van der Waals surface area contributed by atoms with Gasteiger partial charge in [-0.15, -0.1) is 0 Å². The quantitative estimate of drug-likeness (QED) is 0.814. The van der Waals surface area contributed by atoms with E-state index < -0.39 is 0 Å². The smallest absolute Gasteiger partial charge is 0.317 e. The highest BCUT2D eigenvalue weighted by molar-refractivity contribution is 5.74. The van der Waals surface area contributed by atoms with Crippen molar-refractivity contribution in [1.82, 2.24) is 10.2 Å². The average Bonchev–Trinajstić information content (AvgIpc) is 2.63. The van der Waals surface area contributed by atoms with Crippen LogP contribution in [0.2, 0.25) is 0 Å². The van der Waals surface area contributed by atoms with Crippen molar-refractivity contribution in [3.63, 3.8) is 0 Å². The van der Waals surface area contributed by atoms with Gasteiger partial charge >= 0.3 is 6.03 Å². The van der Waals surface area contributed by atoms with Gasteiger partial charge in [0.25, 0.3) is 0 Å². The molecule has 1 aliphatic carbocycles. The molecule has 5 heteroatoms. The molecule has 1 aliphatic rings. The fourth-order valence-electron chi connectivity index (χ4n) is 3.46. The first-order valence-electron chi connectivity index (χ1n) is 9.27. The van der Waals surface area contributed by atoms with Gasteiger partial charge in [0.05, 0.1) is 14.2 Å². The number of nitrogens with one attached hydrogen (secondary N) is 1. The van der Waals surface area contributed by atoms with Crippen molar-refractivity contribution >= 4 is 6.03 Å². The molecule has 1 aromatic carbocycles. The van der Waals surface area contributed by atoms with Crippen molar-refractivity contribution in [2.45, 2.75) is 51.5 Å². The first-order chi connectivity index (χ1) is 12.0. The lowest BCUT2D eigenvalue weighted by Crippen LogP contribution is -2.47. The topological polar surface area (TPSA) is 50.8 Å². The molecule has 0 saturated heterocycles. The Morgan fingerprint density at radius 2 is 1.92 bits per heavy atom. The Morgan fingerprint density at radius 3 is 2.60 bits per heavy atom. The van der Waals surface area contributed by atoms with E-state index in [0.29, 0.717) is 12.0 Å². The molecule has 0 aliphatic heterocycles. The molecule has 1 N–H and O–H groups in total. The molecule has 5 nitrogen and oxygen atoms in total. The molecule has 1 fully saturated rings. The Labute approximate surface area is 151 Å². The van der Waals surface area contributed by atoms with Gasteiger partial charge in [-0.25, -0.2) is 4.79 Å². The summed E-state index contributed by atoms with van der Waals surface area (Å²) in [5.41, 5.74) is 1.19. The van der Waals surface area contributed by atoms with Crippen LogP contribution in [0.1, 0.15) is 44.6 Å². The van der Waals surface area contributed by atoms with E-state index in [1.54, 1.807) is 19.1 Å². The summed E-state index contributed by atoms with van der Waals surface area (Å²) in [6, 6.07) is 6.35. The monoisotopic (exact) mass is 348 g/mol. The van der Waals surface area contributed by atoms with E-state index in [0.717, 1.165) is 37.3 Å². The van der Waals surface area contributed by atoms with E-state index in [1.807, 2.05) is 25.2 Å². The molecule has 0 spiro atoms. The molecular weight excluding hydrogens is 316 g/mol. The number of urea groups is 1. The van der Waals surface area contributed by atoms with Gasteiger partial charge in [0.2, 0.25) is 0 Å². The third-order valence-corrected chi connectivity index (χ3v) is 5.17. The molecule has 25 heavy (non-hydrogen) atoms. The molecular formula is C20H32N2O3. The molecule has 0 aromatic heterocycles. The van der Waals surface area contributed by atoms with Crippen LogP contribution in [-0.4, -0.2) is 44.8 Å². The predicted octanol–water partition coefficient (Wildman–Crippen LogP) is 3.86. The van der Waals surface area contributed by atoms with Gasteiger partial charge in [0.15, 0.2) is 11.5 Å². The minimum absolute atomic E-state index is 0.0473. The lowest BCUT2D eigenvalue weighted by Gasteiger charge is -2.31. The SMILES string of the molecule is COc1ccc(CCCN(C)C(=O)N[C@@H]2CCCC[C@@H]2C)cc1OC. The summed E-state index contributed by atoms with van der Waals surface area (Å²) in [5, 5.41) is 3.20. The second-order valence-electron chi connectivity index (χ2n) is 7.03. The van der Waals surface area contributed by atoms with Crippen LogP contribution in [0.25, 0.3) is 0 Å². The number of nitrogens with zero attached hydrogens (tertiary/aromatic N) is 1. The van der Waals surface area contributed by atoms with Crippen LogP contribution in [0.15, 0.2) is 18.2 Å². The largest absolute Gasteiger partial charge is 0.493 e. The zero-order chi connectivity index (χ0) is 18.2. The lowest BCUT2D eigenvalue weighted by atomic mass is 9.86. The summed E-state index contributed by atoms with van der Waals surface area (Å²) < 4.78 is 10.6. The minimum Gasteiger partial charge on any atom is -0.493 e. The fraction of sp³-hybridized carbons (Fsp3) is 0.650. The minimum atomic E-state index is 0.0473. The van der Waals surface area contributed by atoms with Gasteiger partial charge in [-0.2, -0.15) is 0 Å². The highest BCUT2D eigenvalue weighted by Gasteiger charge is 2.23. The number of carbonyl (C=O) groups excluding carboxylic acids is 1. The maximum Gasteiger partial charge on any atom is 0.317 e. The van der Waals surface area contributed by atoms with Gasteiger partial charge in [-0.1, -0.05) is 25.8 Å². The van der Waals surface area contributed by atoms with Crippen molar-refractivity contribution in [2.24, 2.45) is 5.92 Å². The number of hydrogen-bond donors (Lipinski definition) is 1. The summed E-state index contributed by atoms with van der Waals surface area (Å²) in [6.45, 7) is 2.97. The summed E-state index contributed by atoms with van der Waals surface area (Å²) in [7, 11) is 5.15. The van der Waals surface area contributed by atoms with E-state index in [-0.39, 0.29) is 6.03 Å². The van der Waals surface area contributed by atoms with Crippen LogP contribution in [-0.2, 0) is 6.42 Å². The van der Waals surface area contributed by atoms with Crippen molar-refractivity contribution in [1.29, 1.82) is 0 Å². The standard InChI is InChI=1S/C20H32N2O3/c1-15-8-5-6-10-17(15)21-20(23)22(2)13-7-9-16-11-12-18(24-3)19(14-16)25-4/h11-12,14-15,17H,5-10,13H2,1-4H3,(H,21,23)/t15-,17+/m0/s1. The van der Waals surface area contributed by atoms with Crippen LogP contribution >= 0.6 is 0 Å². The van der Waals surface area contributed by atoms with Crippen molar-refractivity contribution in [3.05, 3.63) is 23.8 Å². The van der Waals surface area contributed by atoms with E-state index in [9.17, 15) is 4.79 Å². The van der Waals surface area contributed by atoms with Crippen LogP contribution in [0.5, 0.6) is 11.5 Å². The van der Waals surface area contributed by atoms with Gasteiger partial charge in [-0.3, -0.25) is 0 Å². The van der Waals surface area contributed by atoms with E-state index >= 15 is 0 Å². The highest BCUT2D eigenvalue weighted by atomic mass is 16.5. The molecule has 1 aromatic rings. The molecule has 0 radical (unpaired) electrons. The summed E-state index contributed by atoms with van der Waals surface area (Å²) in [5.74, 6) is 2.07. The summed E-state index contributed by atoms with van der Waals surface area (Å²) in [6.07, 6.45) is 6.64. The van der Waals surface area contributed by atoms with E-state index in [2.05, 4.69) is 12.2 Å². The van der Waals surface area contributed by atoms with Crippen LogP contribution in [0.3, 0.4) is 0 Å². The van der Waals surface area contributed by atoms with Crippen LogP contribution < -0.4 is 14.8 Å². The molecule has 2 amide bonds. The first kappa shape index (κ1) is 19.4. The number of hydrogen-bond acceptors (Lipinski definition) is 3. The second-order valence-corrected chi connectivity index (χ2v) is 7.03. The highest BCUT2D eigenvalue weighted by Crippen LogP contribution is 2.28. The summed E-state index contributed by atoms with van der Waals surface area (Å²) in [4.78, 5) is 14.2. The first-order valence-corrected chi connectivity index (χ1v) is 9.27. The summed E-state index contributed by atoms with van der Waals surface area (Å²) >= 11 is 0. The molecule has 0 heterocycles. The molecule has 0 unspecified atom stereocenters. The Hall–Kier alpha value is -1.91. The van der Waals surface area contributed by atoms with E-state index in [4.69, 9.17) is 9.47 Å². The maximum atomic E-state index is 12.4.